The van der Waals surface area contributed by atoms with E-state index in [1.54, 1.807) is 0 Å². The highest BCUT2D eigenvalue weighted by molar-refractivity contribution is 6.06. The molecule has 0 aliphatic carbocycles. The fourth-order valence-electron chi connectivity index (χ4n) is 2.91. The van der Waals surface area contributed by atoms with Gasteiger partial charge in [-0.1, -0.05) is 24.3 Å². The third kappa shape index (κ3) is 0.884. The topological polar surface area (TPSA) is 3.88 Å². The van der Waals surface area contributed by atoms with Gasteiger partial charge in [-0.25, -0.2) is 0 Å². The SMILES string of the molecule is Cc1cc2ccc3cccc4c3c2[n+](c1)C4. The lowest BCUT2D eigenvalue weighted by atomic mass is 10.0. The molecule has 0 saturated carbocycles. The van der Waals surface area contributed by atoms with E-state index in [1.165, 1.54) is 32.8 Å². The largest absolute Gasteiger partial charge is 0.221 e. The summed E-state index contributed by atoms with van der Waals surface area (Å²) in [6.45, 7) is 3.19. The Kier molecular flexibility index (Phi) is 1.35. The van der Waals surface area contributed by atoms with Crippen LogP contribution in [0.5, 0.6) is 0 Å². The van der Waals surface area contributed by atoms with Crippen molar-refractivity contribution in [1.29, 1.82) is 0 Å². The highest BCUT2D eigenvalue weighted by Gasteiger charge is 2.23. The predicted octanol–water partition coefficient (Wildman–Crippen LogP) is 2.95. The second-order valence-corrected chi connectivity index (χ2v) is 4.66. The van der Waals surface area contributed by atoms with Crippen molar-refractivity contribution in [2.45, 2.75) is 13.5 Å². The summed E-state index contributed by atoms with van der Waals surface area (Å²) in [7, 11) is 0. The van der Waals surface area contributed by atoms with Crippen LogP contribution in [-0.2, 0) is 6.54 Å². The molecule has 3 aromatic rings. The molecule has 0 unspecified atom stereocenters. The van der Waals surface area contributed by atoms with E-state index in [0.717, 1.165) is 6.54 Å². The predicted molar refractivity (Wildman–Crippen MR) is 65.5 cm³/mol. The number of nitrogens with zero attached hydrogens (tertiary/aromatic N) is 1. The molecule has 0 amide bonds. The molecular formula is C15H12N+. The van der Waals surface area contributed by atoms with Gasteiger partial charge in [0.2, 0.25) is 5.52 Å². The zero-order chi connectivity index (χ0) is 10.7. The van der Waals surface area contributed by atoms with Crippen LogP contribution >= 0.6 is 0 Å². The van der Waals surface area contributed by atoms with E-state index in [2.05, 4.69) is 54.1 Å². The second-order valence-electron chi connectivity index (χ2n) is 4.66. The number of benzene rings is 2. The lowest BCUT2D eigenvalue weighted by Crippen LogP contribution is -2.31. The smallest absolute Gasteiger partial charge is 0.193 e. The van der Waals surface area contributed by atoms with Gasteiger partial charge >= 0.3 is 0 Å². The molecule has 2 heterocycles. The summed E-state index contributed by atoms with van der Waals surface area (Å²) in [6.07, 6.45) is 2.25. The van der Waals surface area contributed by atoms with Gasteiger partial charge in [0.05, 0.1) is 5.39 Å². The summed E-state index contributed by atoms with van der Waals surface area (Å²) in [5.74, 6) is 0. The standard InChI is InChI=1S/C15H12N/c1-10-7-12-6-5-11-3-2-4-13-9-16(8-10)15(12)14(11)13/h2-8H,9H2,1H3/q+1. The van der Waals surface area contributed by atoms with Crippen molar-refractivity contribution in [3.8, 4) is 0 Å². The molecule has 0 N–H and O–H groups in total. The Morgan fingerprint density at radius 1 is 1.06 bits per heavy atom. The summed E-state index contributed by atoms with van der Waals surface area (Å²) >= 11 is 0. The molecule has 0 atom stereocenters. The van der Waals surface area contributed by atoms with Crippen molar-refractivity contribution in [3.63, 3.8) is 0 Å². The Balaban J connectivity index is 2.36. The normalized spacial score (nSPS) is 13.1. The van der Waals surface area contributed by atoms with E-state index in [4.69, 9.17) is 0 Å². The number of pyridine rings is 1. The Labute approximate surface area is 93.9 Å². The number of hydrogen-bond acceptors (Lipinski definition) is 0. The van der Waals surface area contributed by atoms with Gasteiger partial charge in [0.1, 0.15) is 0 Å². The van der Waals surface area contributed by atoms with Gasteiger partial charge in [0.25, 0.3) is 0 Å². The third-order valence-corrected chi connectivity index (χ3v) is 3.51. The minimum atomic E-state index is 1.02. The van der Waals surface area contributed by atoms with Crippen molar-refractivity contribution in [3.05, 3.63) is 53.7 Å². The van der Waals surface area contributed by atoms with Crippen LogP contribution in [0.2, 0.25) is 0 Å². The molecule has 1 heteroatoms. The maximum Gasteiger partial charge on any atom is 0.221 e. The maximum atomic E-state index is 2.38. The first-order valence-corrected chi connectivity index (χ1v) is 5.67. The van der Waals surface area contributed by atoms with Gasteiger partial charge < -0.3 is 0 Å². The van der Waals surface area contributed by atoms with Crippen LogP contribution < -0.4 is 4.57 Å². The van der Waals surface area contributed by atoms with Gasteiger partial charge in [-0.15, -0.1) is 0 Å². The molecule has 0 saturated heterocycles. The third-order valence-electron chi connectivity index (χ3n) is 3.51. The van der Waals surface area contributed by atoms with Crippen molar-refractivity contribution in [1.82, 2.24) is 0 Å². The summed E-state index contributed by atoms with van der Waals surface area (Å²) in [6, 6.07) is 13.3. The van der Waals surface area contributed by atoms with Crippen LogP contribution in [0, 0.1) is 6.92 Å². The van der Waals surface area contributed by atoms with Gasteiger partial charge in [0.15, 0.2) is 12.7 Å². The zero-order valence-corrected chi connectivity index (χ0v) is 9.20. The highest BCUT2D eigenvalue weighted by Crippen LogP contribution is 2.30. The average Bonchev–Trinajstić information content (AvgIpc) is 2.64. The first-order chi connectivity index (χ1) is 7.83. The van der Waals surface area contributed by atoms with E-state index in [0.29, 0.717) is 0 Å². The lowest BCUT2D eigenvalue weighted by Gasteiger charge is -1.98. The molecular weight excluding hydrogens is 194 g/mol. The van der Waals surface area contributed by atoms with E-state index in [1.807, 2.05) is 0 Å². The van der Waals surface area contributed by atoms with E-state index in [-0.39, 0.29) is 0 Å². The minimum Gasteiger partial charge on any atom is -0.193 e. The quantitative estimate of drug-likeness (QED) is 0.307. The fourth-order valence-corrected chi connectivity index (χ4v) is 2.91. The second kappa shape index (κ2) is 2.62. The molecule has 2 aromatic carbocycles. The fraction of sp³-hybridized carbons (Fsp3) is 0.133. The maximum absolute atomic E-state index is 2.38. The summed E-state index contributed by atoms with van der Waals surface area (Å²) in [5, 5.41) is 4.16. The molecule has 4 rings (SSSR count). The number of hydrogen-bond donors (Lipinski definition) is 0. The van der Waals surface area contributed by atoms with Crippen molar-refractivity contribution >= 4 is 21.7 Å². The van der Waals surface area contributed by atoms with Crippen LogP contribution in [0.25, 0.3) is 21.7 Å². The van der Waals surface area contributed by atoms with Crippen LogP contribution in [0.3, 0.4) is 0 Å². The monoisotopic (exact) mass is 206 g/mol. The van der Waals surface area contributed by atoms with Crippen molar-refractivity contribution in [2.75, 3.05) is 0 Å². The van der Waals surface area contributed by atoms with Crippen molar-refractivity contribution < 1.29 is 4.57 Å². The van der Waals surface area contributed by atoms with E-state index in [9.17, 15) is 0 Å². The van der Waals surface area contributed by atoms with Crippen LogP contribution in [0.15, 0.2) is 42.6 Å². The summed E-state index contributed by atoms with van der Waals surface area (Å²) < 4.78 is 2.38. The Morgan fingerprint density at radius 3 is 2.88 bits per heavy atom. The van der Waals surface area contributed by atoms with E-state index >= 15 is 0 Å². The van der Waals surface area contributed by atoms with Crippen LogP contribution in [-0.4, -0.2) is 0 Å². The molecule has 0 fully saturated rings. The Morgan fingerprint density at radius 2 is 1.94 bits per heavy atom. The lowest BCUT2D eigenvalue weighted by molar-refractivity contribution is -0.658. The number of rotatable bonds is 0. The Bertz CT molecular complexity index is 741. The number of aromatic nitrogens is 1. The minimum absolute atomic E-state index is 1.02. The summed E-state index contributed by atoms with van der Waals surface area (Å²) in [5.41, 5.74) is 4.19. The molecule has 0 spiro atoms. The molecule has 1 aromatic heterocycles. The van der Waals surface area contributed by atoms with Gasteiger partial charge in [-0.05, 0) is 24.4 Å². The zero-order valence-electron chi connectivity index (χ0n) is 9.20. The van der Waals surface area contributed by atoms with Crippen LogP contribution in [0.1, 0.15) is 11.1 Å². The molecule has 1 aliphatic heterocycles. The van der Waals surface area contributed by atoms with Crippen LogP contribution in [0.4, 0.5) is 0 Å². The molecule has 1 aliphatic rings. The molecule has 1 nitrogen and oxygen atoms in total. The van der Waals surface area contributed by atoms with Gasteiger partial charge in [-0.3, -0.25) is 0 Å². The molecule has 76 valence electrons. The molecule has 16 heavy (non-hydrogen) atoms. The van der Waals surface area contributed by atoms with Gasteiger partial charge in [0, 0.05) is 16.5 Å². The van der Waals surface area contributed by atoms with Crippen molar-refractivity contribution in [2.24, 2.45) is 0 Å². The van der Waals surface area contributed by atoms with Gasteiger partial charge in [-0.2, -0.15) is 4.57 Å². The molecule has 0 radical (unpaired) electrons. The first-order valence-electron chi connectivity index (χ1n) is 5.67. The average molecular weight is 206 g/mol. The first kappa shape index (κ1) is 8.28. The van der Waals surface area contributed by atoms with E-state index < -0.39 is 0 Å². The number of aryl methyl sites for hydroxylation is 1. The Hall–Kier alpha value is -1.89. The molecule has 0 bridgehead atoms. The summed E-state index contributed by atoms with van der Waals surface area (Å²) in [4.78, 5) is 0. The highest BCUT2D eigenvalue weighted by atomic mass is 15.0.